The van der Waals surface area contributed by atoms with Gasteiger partial charge in [0.2, 0.25) is 0 Å². The molecule has 0 rings (SSSR count). The predicted octanol–water partition coefficient (Wildman–Crippen LogP) is -4.58. The maximum Gasteiger partial charge on any atom is 2.00 e. The van der Waals surface area contributed by atoms with E-state index in [1.54, 1.807) is 0 Å². The summed E-state index contributed by atoms with van der Waals surface area (Å²) in [6.45, 7) is 0. The Balaban J connectivity index is -0.0000000160. The van der Waals surface area contributed by atoms with Gasteiger partial charge in [0.25, 0.3) is 0 Å². The maximum absolute atomic E-state index is 8.25. The van der Waals surface area contributed by atoms with Crippen molar-refractivity contribution < 1.29 is 24.9 Å². The van der Waals surface area contributed by atoms with Crippen LogP contribution in [0.5, 0.6) is 0 Å². The van der Waals surface area contributed by atoms with Crippen LogP contribution >= 0.6 is 0 Å². The maximum atomic E-state index is 8.25. The molecule has 0 aliphatic heterocycles. The van der Waals surface area contributed by atoms with Crippen molar-refractivity contribution >= 4 is 52.4 Å². The Hall–Kier alpha value is 0.550. The van der Waals surface area contributed by atoms with Gasteiger partial charge in [-0.05, 0) is 0 Å². The van der Waals surface area contributed by atoms with Crippen LogP contribution in [0.4, 0.5) is 0 Å². The van der Waals surface area contributed by atoms with Crippen LogP contribution in [0.2, 0.25) is 0 Å². The van der Waals surface area contributed by atoms with Crippen molar-refractivity contribution in [2.75, 3.05) is 0 Å². The van der Waals surface area contributed by atoms with Gasteiger partial charge in [0, 0.05) is 0 Å². The molecule has 0 heterocycles. The van der Waals surface area contributed by atoms with Gasteiger partial charge in [-0.3, -0.25) is 0 Å². The summed E-state index contributed by atoms with van der Waals surface area (Å²) in [7, 11) is -1.00. The van der Waals surface area contributed by atoms with Crippen molar-refractivity contribution in [3.8, 4) is 0 Å². The molecule has 0 spiro atoms. The van der Waals surface area contributed by atoms with Crippen molar-refractivity contribution in [2.45, 2.75) is 0 Å². The summed E-state index contributed by atoms with van der Waals surface area (Å²) in [5, 5.41) is 16.5. The van der Waals surface area contributed by atoms with E-state index in [9.17, 15) is 0 Å². The van der Waals surface area contributed by atoms with Crippen molar-refractivity contribution in [2.24, 2.45) is 0 Å². The molecule has 0 saturated heterocycles. The molecule has 40 valence electrons. The van der Waals surface area contributed by atoms with E-state index in [2.05, 4.69) is 0 Å². The minimum atomic E-state index is -0.500. The third kappa shape index (κ3) is 668. The van der Waals surface area contributed by atoms with E-state index in [-0.39, 0.29) is 43.2 Å². The number of hydrogen-bond acceptors (Lipinski definition) is 4. The van der Waals surface area contributed by atoms with Crippen LogP contribution in [-0.2, 0) is 9.41 Å². The Bertz CT molecular complexity index is 31.4. The normalized spacial score (nSPS) is 2.00. The van der Waals surface area contributed by atoms with Gasteiger partial charge >= 0.3 is 71.9 Å². The van der Waals surface area contributed by atoms with E-state index in [0.717, 1.165) is 0 Å². The largest absolute Gasteiger partial charge is 2.00 e. The molecule has 0 aromatic heterocycles. The summed E-state index contributed by atoms with van der Waals surface area (Å²) >= 11 is 0. The Morgan fingerprint density at radius 1 is 1.00 bits per heavy atom. The quantitative estimate of drug-likeness (QED) is 0.318. The average Bonchev–Trinajstić information content (AvgIpc) is 1.39. The van der Waals surface area contributed by atoms with Crippen LogP contribution in [0, 0.1) is 0 Å². The molecule has 8 heteroatoms. The molecule has 0 radical (unpaired) electrons. The molecule has 0 amide bonds. The van der Waals surface area contributed by atoms with Crippen LogP contribution in [0.3, 0.4) is 0 Å². The van der Waals surface area contributed by atoms with Crippen molar-refractivity contribution in [1.82, 2.24) is 0 Å². The van der Waals surface area contributed by atoms with E-state index in [1.807, 2.05) is 0 Å². The van der Waals surface area contributed by atoms with Gasteiger partial charge in [-0.15, -0.1) is 0 Å². The van der Waals surface area contributed by atoms with E-state index < -0.39 is 14.7 Å². The molecule has 0 atom stereocenters. The van der Waals surface area contributed by atoms with Crippen LogP contribution in [-0.4, -0.2) is 57.9 Å². The zero-order valence-corrected chi connectivity index (χ0v) is 6.20. The number of hydrogen-bond donors (Lipinski definition) is 0. The third-order valence-corrected chi connectivity index (χ3v) is 0. The first kappa shape index (κ1) is 23.5. The Morgan fingerprint density at radius 3 is 1.00 bits per heavy atom. The first-order valence-corrected chi connectivity index (χ1v) is 0.943. The topological polar surface area (TPSA) is 112 Å². The fourth-order valence-corrected chi connectivity index (χ4v) is 0. The van der Waals surface area contributed by atoms with Crippen LogP contribution in [0.1, 0.15) is 0 Å². The Labute approximate surface area is 77.0 Å². The first-order valence-electron chi connectivity index (χ1n) is 0.943. The summed E-state index contributed by atoms with van der Waals surface area (Å²) in [6.07, 6.45) is 0. The van der Waals surface area contributed by atoms with Gasteiger partial charge in [0.15, 0.2) is 0 Å². The second-order valence-corrected chi connectivity index (χ2v) is 0.192. The summed E-state index contributed by atoms with van der Waals surface area (Å²) < 4.78 is 16.5. The van der Waals surface area contributed by atoms with E-state index in [4.69, 9.17) is 19.5 Å². The van der Waals surface area contributed by atoms with Gasteiger partial charge in [-0.2, -0.15) is 0 Å². The van der Waals surface area contributed by atoms with Crippen molar-refractivity contribution in [3.05, 3.63) is 0 Å². The molecular weight excluding hydrogens is 142 g/mol. The van der Waals surface area contributed by atoms with Crippen LogP contribution < -0.4 is 10.0 Å². The molecule has 0 fully saturated rings. The molecule has 0 aromatic carbocycles. The second-order valence-electron chi connectivity index (χ2n) is 0.192. The molecule has 0 saturated carbocycles. The van der Waals surface area contributed by atoms with Crippen molar-refractivity contribution in [3.63, 3.8) is 0 Å². The molecule has 0 aliphatic carbocycles. The molecule has 8 heavy (non-hydrogen) atoms. The van der Waals surface area contributed by atoms with Gasteiger partial charge in [0.05, 0.1) is 0 Å². The Kier molecular flexibility index (Phi) is 147. The second kappa shape index (κ2) is 49.8. The summed E-state index contributed by atoms with van der Waals surface area (Å²) in [6, 6.07) is 0. The summed E-state index contributed by atoms with van der Waals surface area (Å²) in [4.78, 5) is 0. The smallest absolute Gasteiger partial charge is 2.00 e. The summed E-state index contributed by atoms with van der Waals surface area (Å²) in [5.41, 5.74) is 0. The monoisotopic (exact) mass is 144 g/mol. The molecule has 2 N–H and O–H groups in total. The van der Waals surface area contributed by atoms with Gasteiger partial charge in [-0.25, -0.2) is 0 Å². The predicted molar refractivity (Wildman–Crippen MR) is 22.2 cm³/mol. The minimum Gasteiger partial charge on any atom is 2.00 e. The fourth-order valence-electron chi connectivity index (χ4n) is 0. The van der Waals surface area contributed by atoms with Gasteiger partial charge < -0.3 is 5.48 Å². The first-order chi connectivity index (χ1) is 2.83. The third-order valence-electron chi connectivity index (χ3n) is 0. The molecule has 0 aliphatic rings. The SMILES string of the molecule is O.O=B[O-].O=B[O-].[Ca+2]. The van der Waals surface area contributed by atoms with Gasteiger partial charge in [0.1, 0.15) is 0 Å². The summed E-state index contributed by atoms with van der Waals surface area (Å²) in [5.74, 6) is 0. The zero-order chi connectivity index (χ0) is 5.41. The Morgan fingerprint density at radius 2 is 1.00 bits per heavy atom. The molecule has 5 nitrogen and oxygen atoms in total. The minimum absolute atomic E-state index is 0. The van der Waals surface area contributed by atoms with Crippen LogP contribution in [0.25, 0.3) is 0 Å². The molecule has 0 unspecified atom stereocenters. The molecule has 0 bridgehead atoms. The van der Waals surface area contributed by atoms with Crippen LogP contribution in [0.15, 0.2) is 0 Å². The van der Waals surface area contributed by atoms with Crippen molar-refractivity contribution in [1.29, 1.82) is 0 Å². The molecular formula is H2B2CaO5. The van der Waals surface area contributed by atoms with E-state index in [0.29, 0.717) is 0 Å². The average molecular weight is 144 g/mol. The number of rotatable bonds is 0. The fraction of sp³-hybridized carbons (Fsp3) is 0. The van der Waals surface area contributed by atoms with Gasteiger partial charge in [-0.1, -0.05) is 0 Å². The molecule has 0 aromatic rings. The zero-order valence-electron chi connectivity index (χ0n) is 3.99. The van der Waals surface area contributed by atoms with E-state index in [1.165, 1.54) is 0 Å². The van der Waals surface area contributed by atoms with E-state index >= 15 is 0 Å². The standard InChI is InChI=1S/2BO2.Ca.H2O/c2*2-1-3;;/h;;;1H2/q2*-1;+2;.